The van der Waals surface area contributed by atoms with E-state index in [0.29, 0.717) is 10.3 Å². The van der Waals surface area contributed by atoms with Crippen LogP contribution in [-0.4, -0.2) is 17.9 Å². The number of hydrogen-bond acceptors (Lipinski definition) is 3. The fourth-order valence-corrected chi connectivity index (χ4v) is 3.94. The molecule has 25 heavy (non-hydrogen) atoms. The smallest absolute Gasteiger partial charge is 0.264 e. The van der Waals surface area contributed by atoms with Crippen molar-refractivity contribution in [3.05, 3.63) is 71.1 Å². The number of furan rings is 1. The van der Waals surface area contributed by atoms with Crippen LogP contribution in [0.25, 0.3) is 21.1 Å². The van der Waals surface area contributed by atoms with Crippen molar-refractivity contribution in [2.24, 2.45) is 0 Å². The Morgan fingerprint density at radius 2 is 1.96 bits per heavy atom. The Morgan fingerprint density at radius 3 is 2.72 bits per heavy atom. The van der Waals surface area contributed by atoms with Crippen LogP contribution in [0.5, 0.6) is 0 Å². The highest BCUT2D eigenvalue weighted by Gasteiger charge is 2.23. The van der Waals surface area contributed by atoms with Gasteiger partial charge in [-0.25, -0.2) is 4.39 Å². The molecule has 2 aromatic carbocycles. The molecule has 0 fully saturated rings. The van der Waals surface area contributed by atoms with Crippen LogP contribution >= 0.6 is 11.3 Å². The summed E-state index contributed by atoms with van der Waals surface area (Å²) >= 11 is 1.30. The number of fused-ring (bicyclic) bond motifs is 2. The molecule has 0 aliphatic heterocycles. The number of para-hydroxylation sites is 1. The van der Waals surface area contributed by atoms with E-state index in [0.717, 1.165) is 21.4 Å². The molecule has 4 rings (SSSR count). The zero-order valence-electron chi connectivity index (χ0n) is 13.8. The van der Waals surface area contributed by atoms with Gasteiger partial charge in [-0.3, -0.25) is 4.79 Å². The van der Waals surface area contributed by atoms with Crippen LogP contribution in [0, 0.1) is 5.82 Å². The lowest BCUT2D eigenvalue weighted by Gasteiger charge is -2.22. The number of benzene rings is 2. The van der Waals surface area contributed by atoms with Gasteiger partial charge in [-0.1, -0.05) is 24.3 Å². The molecule has 0 aliphatic carbocycles. The van der Waals surface area contributed by atoms with Gasteiger partial charge in [0.15, 0.2) is 0 Å². The van der Waals surface area contributed by atoms with E-state index in [1.807, 2.05) is 43.3 Å². The third kappa shape index (κ3) is 2.70. The van der Waals surface area contributed by atoms with E-state index in [1.54, 1.807) is 24.1 Å². The highest BCUT2D eigenvalue weighted by Crippen LogP contribution is 2.31. The minimum Gasteiger partial charge on any atom is -0.459 e. The molecule has 0 saturated carbocycles. The fourth-order valence-electron chi connectivity index (χ4n) is 2.88. The number of carbonyl (C=O) groups excluding carboxylic acids is 1. The van der Waals surface area contributed by atoms with E-state index < -0.39 is 0 Å². The maximum absolute atomic E-state index is 13.9. The quantitative estimate of drug-likeness (QED) is 0.479. The van der Waals surface area contributed by atoms with Gasteiger partial charge in [0.25, 0.3) is 5.91 Å². The van der Waals surface area contributed by atoms with E-state index in [9.17, 15) is 9.18 Å². The van der Waals surface area contributed by atoms with Gasteiger partial charge in [0, 0.05) is 22.5 Å². The van der Waals surface area contributed by atoms with Gasteiger partial charge in [0.1, 0.15) is 17.2 Å². The highest BCUT2D eigenvalue weighted by atomic mass is 32.1. The standard InChI is InChI=1S/C20H16FNO2S/c1-12(17-10-13-6-3-4-8-16(13)24-17)22(2)20(23)19-11-14-15(21)7-5-9-18(14)25-19/h3-12H,1-2H3. The SMILES string of the molecule is CC(c1cc2ccccc2o1)N(C)C(=O)c1cc2c(F)cccc2s1. The molecule has 2 heterocycles. The van der Waals surface area contributed by atoms with E-state index >= 15 is 0 Å². The van der Waals surface area contributed by atoms with Crippen molar-refractivity contribution in [2.75, 3.05) is 7.05 Å². The van der Waals surface area contributed by atoms with Crippen molar-refractivity contribution in [3.8, 4) is 0 Å². The predicted molar refractivity (Wildman–Crippen MR) is 98.5 cm³/mol. The van der Waals surface area contributed by atoms with Gasteiger partial charge < -0.3 is 9.32 Å². The second kappa shape index (κ2) is 6.01. The Morgan fingerprint density at radius 1 is 1.16 bits per heavy atom. The molecule has 4 aromatic rings. The van der Waals surface area contributed by atoms with Crippen LogP contribution in [0.4, 0.5) is 4.39 Å². The molecule has 1 unspecified atom stereocenters. The molecule has 3 nitrogen and oxygen atoms in total. The van der Waals surface area contributed by atoms with Gasteiger partial charge in [-0.2, -0.15) is 0 Å². The van der Waals surface area contributed by atoms with Crippen LogP contribution in [0.3, 0.4) is 0 Å². The number of nitrogens with zero attached hydrogens (tertiary/aromatic N) is 1. The summed E-state index contributed by atoms with van der Waals surface area (Å²) in [7, 11) is 1.74. The molecule has 0 spiro atoms. The molecule has 0 radical (unpaired) electrons. The molecular formula is C20H16FNO2S. The van der Waals surface area contributed by atoms with Crippen LogP contribution in [-0.2, 0) is 0 Å². The maximum atomic E-state index is 13.9. The zero-order chi connectivity index (χ0) is 17.6. The first-order chi connectivity index (χ1) is 12.0. The summed E-state index contributed by atoms with van der Waals surface area (Å²) in [6.07, 6.45) is 0. The number of carbonyl (C=O) groups is 1. The van der Waals surface area contributed by atoms with Crippen LogP contribution in [0.2, 0.25) is 0 Å². The lowest BCUT2D eigenvalue weighted by atomic mass is 10.2. The second-order valence-corrected chi connectivity index (χ2v) is 7.12. The van der Waals surface area contributed by atoms with Crippen molar-refractivity contribution < 1.29 is 13.6 Å². The molecule has 0 aliphatic rings. The summed E-state index contributed by atoms with van der Waals surface area (Å²) in [5, 5.41) is 1.50. The summed E-state index contributed by atoms with van der Waals surface area (Å²) in [6.45, 7) is 1.92. The average molecular weight is 353 g/mol. The number of halogens is 1. The van der Waals surface area contributed by atoms with E-state index in [1.165, 1.54) is 17.4 Å². The summed E-state index contributed by atoms with van der Waals surface area (Å²) in [5.74, 6) is 0.277. The Bertz CT molecular complexity index is 1050. The lowest BCUT2D eigenvalue weighted by Crippen LogP contribution is -2.28. The summed E-state index contributed by atoms with van der Waals surface area (Å²) < 4.78 is 20.5. The summed E-state index contributed by atoms with van der Waals surface area (Å²) in [4.78, 5) is 15.0. The molecule has 1 atom stereocenters. The molecule has 126 valence electrons. The van der Waals surface area contributed by atoms with Gasteiger partial charge in [0.05, 0.1) is 10.9 Å². The molecule has 0 N–H and O–H groups in total. The Hall–Kier alpha value is -2.66. The minimum atomic E-state index is -0.305. The Balaban J connectivity index is 1.65. The molecule has 5 heteroatoms. The normalized spacial score (nSPS) is 12.6. The zero-order valence-corrected chi connectivity index (χ0v) is 14.6. The van der Waals surface area contributed by atoms with Crippen LogP contribution in [0.1, 0.15) is 28.4 Å². The first kappa shape index (κ1) is 15.8. The molecule has 1 amide bonds. The van der Waals surface area contributed by atoms with Crippen molar-refractivity contribution in [1.29, 1.82) is 0 Å². The van der Waals surface area contributed by atoms with Crippen molar-refractivity contribution in [3.63, 3.8) is 0 Å². The van der Waals surface area contributed by atoms with Crippen molar-refractivity contribution in [1.82, 2.24) is 4.90 Å². The largest absolute Gasteiger partial charge is 0.459 e. The van der Waals surface area contributed by atoms with Crippen molar-refractivity contribution >= 4 is 38.3 Å². The summed E-state index contributed by atoms with van der Waals surface area (Å²) in [5.41, 5.74) is 0.800. The molecule has 2 aromatic heterocycles. The van der Waals surface area contributed by atoms with Gasteiger partial charge in [-0.05, 0) is 37.3 Å². The average Bonchev–Trinajstić information content (AvgIpc) is 3.24. The number of rotatable bonds is 3. The predicted octanol–water partition coefficient (Wildman–Crippen LogP) is 5.62. The minimum absolute atomic E-state index is 0.145. The molecular weight excluding hydrogens is 337 g/mol. The van der Waals surface area contributed by atoms with Crippen LogP contribution < -0.4 is 0 Å². The Kier molecular flexibility index (Phi) is 3.81. The Labute approximate surface area is 148 Å². The number of amides is 1. The highest BCUT2D eigenvalue weighted by molar-refractivity contribution is 7.20. The summed E-state index contributed by atoms with van der Waals surface area (Å²) in [6, 6.07) is 16.0. The first-order valence-electron chi connectivity index (χ1n) is 7.98. The van der Waals surface area contributed by atoms with Gasteiger partial charge in [0.2, 0.25) is 0 Å². The number of thiophene rings is 1. The van der Waals surface area contributed by atoms with Gasteiger partial charge >= 0.3 is 0 Å². The van der Waals surface area contributed by atoms with Crippen molar-refractivity contribution in [2.45, 2.75) is 13.0 Å². The van der Waals surface area contributed by atoms with Crippen LogP contribution in [0.15, 0.2) is 59.0 Å². The van der Waals surface area contributed by atoms with E-state index in [-0.39, 0.29) is 17.8 Å². The van der Waals surface area contributed by atoms with E-state index in [4.69, 9.17) is 4.42 Å². The first-order valence-corrected chi connectivity index (χ1v) is 8.80. The lowest BCUT2D eigenvalue weighted by molar-refractivity contribution is 0.0732. The van der Waals surface area contributed by atoms with E-state index in [2.05, 4.69) is 0 Å². The fraction of sp³-hybridized carbons (Fsp3) is 0.150. The second-order valence-electron chi connectivity index (χ2n) is 6.04. The maximum Gasteiger partial charge on any atom is 0.264 e. The third-order valence-corrected chi connectivity index (χ3v) is 5.56. The molecule has 0 saturated heterocycles. The third-order valence-electron chi connectivity index (χ3n) is 4.48. The number of hydrogen-bond donors (Lipinski definition) is 0. The van der Waals surface area contributed by atoms with Gasteiger partial charge in [-0.15, -0.1) is 11.3 Å². The molecule has 0 bridgehead atoms. The topological polar surface area (TPSA) is 33.5 Å². The monoisotopic (exact) mass is 353 g/mol.